The molecule has 1 unspecified atom stereocenters. The molecule has 0 spiro atoms. The van der Waals surface area contributed by atoms with E-state index in [0.717, 1.165) is 12.8 Å². The lowest BCUT2D eigenvalue weighted by Gasteiger charge is -2.11. The highest BCUT2D eigenvalue weighted by molar-refractivity contribution is 5.94. The van der Waals surface area contributed by atoms with Gasteiger partial charge in [-0.3, -0.25) is 4.79 Å². The summed E-state index contributed by atoms with van der Waals surface area (Å²) in [6.45, 7) is 3.53. The maximum absolute atomic E-state index is 11.9. The van der Waals surface area contributed by atoms with Crippen LogP contribution in [0.1, 0.15) is 47.8 Å². The molecular weight excluding hydrogens is 248 g/mol. The second-order valence-corrected chi connectivity index (χ2v) is 4.62. The first kappa shape index (κ1) is 13.3. The first-order valence-corrected chi connectivity index (χ1v) is 6.23. The topological polar surface area (TPSA) is 92.4 Å². The largest absolute Gasteiger partial charge is 0.480 e. The Morgan fingerprint density at radius 2 is 2.37 bits per heavy atom. The van der Waals surface area contributed by atoms with Gasteiger partial charge >= 0.3 is 5.97 Å². The van der Waals surface area contributed by atoms with Crippen LogP contribution < -0.4 is 5.32 Å². The van der Waals surface area contributed by atoms with E-state index in [2.05, 4.69) is 17.1 Å². The third kappa shape index (κ3) is 3.43. The van der Waals surface area contributed by atoms with Crippen LogP contribution in [0, 0.1) is 0 Å². The molecule has 6 heteroatoms. The fourth-order valence-corrected chi connectivity index (χ4v) is 1.73. The Morgan fingerprint density at radius 1 is 1.63 bits per heavy atom. The summed E-state index contributed by atoms with van der Waals surface area (Å²) in [6.07, 6.45) is 4.53. The van der Waals surface area contributed by atoms with Crippen LogP contribution in [0.4, 0.5) is 0 Å². The summed E-state index contributed by atoms with van der Waals surface area (Å²) in [5.74, 6) is -0.526. The van der Waals surface area contributed by atoms with E-state index in [4.69, 9.17) is 9.63 Å². The summed E-state index contributed by atoms with van der Waals surface area (Å²) in [7, 11) is 0. The minimum absolute atomic E-state index is 0.131. The molecule has 102 valence electrons. The molecule has 1 heterocycles. The van der Waals surface area contributed by atoms with Crippen LogP contribution >= 0.6 is 0 Å². The molecule has 0 aromatic carbocycles. The second-order valence-electron chi connectivity index (χ2n) is 4.62. The first-order valence-electron chi connectivity index (χ1n) is 6.23. The number of nitrogens with zero attached hydrogens (tertiary/aromatic N) is 1. The van der Waals surface area contributed by atoms with E-state index >= 15 is 0 Å². The normalized spacial score (nSPS) is 15.8. The molecule has 6 nitrogen and oxygen atoms in total. The zero-order valence-corrected chi connectivity index (χ0v) is 10.5. The summed E-state index contributed by atoms with van der Waals surface area (Å²) < 4.78 is 5.06. The summed E-state index contributed by atoms with van der Waals surface area (Å²) in [4.78, 5) is 22.9. The molecule has 1 saturated carbocycles. The SMILES string of the molecule is C=CCCC(NC(=O)c1cc(C2CC2)on1)C(=O)O. The van der Waals surface area contributed by atoms with Gasteiger partial charge in [0.25, 0.3) is 5.91 Å². The number of hydrogen-bond acceptors (Lipinski definition) is 4. The number of allylic oxidation sites excluding steroid dienone is 1. The summed E-state index contributed by atoms with van der Waals surface area (Å²) >= 11 is 0. The smallest absolute Gasteiger partial charge is 0.326 e. The third-order valence-corrected chi connectivity index (χ3v) is 3.00. The third-order valence-electron chi connectivity index (χ3n) is 3.00. The number of hydrogen-bond donors (Lipinski definition) is 2. The van der Waals surface area contributed by atoms with Crippen molar-refractivity contribution in [2.24, 2.45) is 0 Å². The van der Waals surface area contributed by atoms with Crippen molar-refractivity contribution in [2.75, 3.05) is 0 Å². The van der Waals surface area contributed by atoms with E-state index in [-0.39, 0.29) is 5.69 Å². The molecule has 1 atom stereocenters. The lowest BCUT2D eigenvalue weighted by Crippen LogP contribution is -2.40. The van der Waals surface area contributed by atoms with E-state index < -0.39 is 17.9 Å². The van der Waals surface area contributed by atoms with Crippen molar-refractivity contribution < 1.29 is 19.2 Å². The molecule has 1 aliphatic rings. The van der Waals surface area contributed by atoms with Crippen LogP contribution in [0.2, 0.25) is 0 Å². The number of carboxylic acids is 1. The highest BCUT2D eigenvalue weighted by atomic mass is 16.5. The van der Waals surface area contributed by atoms with E-state index in [1.165, 1.54) is 0 Å². The monoisotopic (exact) mass is 264 g/mol. The van der Waals surface area contributed by atoms with E-state index in [1.54, 1.807) is 12.1 Å². The van der Waals surface area contributed by atoms with Crippen LogP contribution in [0.25, 0.3) is 0 Å². The van der Waals surface area contributed by atoms with Gasteiger partial charge in [-0.05, 0) is 25.7 Å². The molecule has 19 heavy (non-hydrogen) atoms. The van der Waals surface area contributed by atoms with Crippen LogP contribution in [0.3, 0.4) is 0 Å². The zero-order chi connectivity index (χ0) is 13.8. The molecule has 0 aliphatic heterocycles. The Bertz CT molecular complexity index is 491. The van der Waals surface area contributed by atoms with Crippen molar-refractivity contribution in [1.82, 2.24) is 10.5 Å². The number of amides is 1. The van der Waals surface area contributed by atoms with Gasteiger partial charge in [0.1, 0.15) is 11.8 Å². The van der Waals surface area contributed by atoms with Crippen molar-refractivity contribution in [3.05, 3.63) is 30.2 Å². The van der Waals surface area contributed by atoms with Crippen molar-refractivity contribution in [3.8, 4) is 0 Å². The molecule has 1 aromatic heterocycles. The molecule has 1 aliphatic carbocycles. The summed E-state index contributed by atoms with van der Waals surface area (Å²) in [5.41, 5.74) is 0.131. The molecule has 0 bridgehead atoms. The van der Waals surface area contributed by atoms with Gasteiger partial charge in [-0.25, -0.2) is 4.79 Å². The van der Waals surface area contributed by atoms with Crippen molar-refractivity contribution in [3.63, 3.8) is 0 Å². The molecule has 1 fully saturated rings. The molecule has 1 amide bonds. The average Bonchev–Trinajstić information content (AvgIpc) is 3.11. The van der Waals surface area contributed by atoms with Gasteiger partial charge in [-0.2, -0.15) is 0 Å². The maximum atomic E-state index is 11.9. The van der Waals surface area contributed by atoms with Crippen LogP contribution in [0.15, 0.2) is 23.2 Å². The summed E-state index contributed by atoms with van der Waals surface area (Å²) in [5, 5.41) is 15.1. The minimum Gasteiger partial charge on any atom is -0.480 e. The molecule has 2 N–H and O–H groups in total. The first-order chi connectivity index (χ1) is 9.11. The van der Waals surface area contributed by atoms with Gasteiger partial charge < -0.3 is 14.9 Å². The van der Waals surface area contributed by atoms with E-state index in [9.17, 15) is 9.59 Å². The predicted octanol–water partition coefficient (Wildman–Crippen LogP) is 1.70. The van der Waals surface area contributed by atoms with Gasteiger partial charge in [-0.1, -0.05) is 11.2 Å². The Kier molecular flexibility index (Phi) is 3.99. The number of aromatic nitrogens is 1. The number of carboxylic acid groups (broad SMARTS) is 1. The molecule has 0 radical (unpaired) electrons. The molecule has 1 aromatic rings. The predicted molar refractivity (Wildman–Crippen MR) is 66.8 cm³/mol. The van der Waals surface area contributed by atoms with Crippen LogP contribution in [0.5, 0.6) is 0 Å². The van der Waals surface area contributed by atoms with Gasteiger partial charge in [0.15, 0.2) is 5.69 Å². The fraction of sp³-hybridized carbons (Fsp3) is 0.462. The second kappa shape index (κ2) is 5.69. The van der Waals surface area contributed by atoms with Gasteiger partial charge in [0.2, 0.25) is 0 Å². The zero-order valence-electron chi connectivity index (χ0n) is 10.5. The van der Waals surface area contributed by atoms with E-state index in [0.29, 0.717) is 24.5 Å². The maximum Gasteiger partial charge on any atom is 0.326 e. The number of rotatable bonds is 7. The van der Waals surface area contributed by atoms with Crippen LogP contribution in [-0.4, -0.2) is 28.2 Å². The lowest BCUT2D eigenvalue weighted by atomic mass is 10.1. The van der Waals surface area contributed by atoms with E-state index in [1.807, 2.05) is 0 Å². The summed E-state index contributed by atoms with van der Waals surface area (Å²) in [6, 6.07) is 0.644. The number of nitrogens with one attached hydrogen (secondary N) is 1. The highest BCUT2D eigenvalue weighted by Gasteiger charge is 2.29. The minimum atomic E-state index is -1.07. The quantitative estimate of drug-likeness (QED) is 0.731. The Hall–Kier alpha value is -2.11. The number of aliphatic carboxylic acids is 1. The molecule has 2 rings (SSSR count). The Balaban J connectivity index is 1.96. The van der Waals surface area contributed by atoms with Crippen LogP contribution in [-0.2, 0) is 4.79 Å². The van der Waals surface area contributed by atoms with Crippen molar-refractivity contribution in [1.29, 1.82) is 0 Å². The Morgan fingerprint density at radius 3 is 2.95 bits per heavy atom. The van der Waals surface area contributed by atoms with Gasteiger partial charge in [0, 0.05) is 12.0 Å². The fourth-order valence-electron chi connectivity index (χ4n) is 1.73. The van der Waals surface area contributed by atoms with Gasteiger partial charge in [-0.15, -0.1) is 6.58 Å². The van der Waals surface area contributed by atoms with Crippen molar-refractivity contribution in [2.45, 2.75) is 37.6 Å². The Labute approximate surface area is 110 Å². The molecular formula is C13H16N2O4. The molecule has 0 saturated heterocycles. The average molecular weight is 264 g/mol. The van der Waals surface area contributed by atoms with Crippen molar-refractivity contribution >= 4 is 11.9 Å². The number of carbonyl (C=O) groups is 2. The number of carbonyl (C=O) groups excluding carboxylic acids is 1. The van der Waals surface area contributed by atoms with Gasteiger partial charge in [0.05, 0.1) is 0 Å². The standard InChI is InChI=1S/C13H16N2O4/c1-2-3-4-9(13(17)18)14-12(16)10-7-11(19-15-10)8-5-6-8/h2,7-9H,1,3-6H2,(H,14,16)(H,17,18). The highest BCUT2D eigenvalue weighted by Crippen LogP contribution is 2.40. The lowest BCUT2D eigenvalue weighted by molar-refractivity contribution is -0.139.